The van der Waals surface area contributed by atoms with Crippen molar-refractivity contribution in [3.8, 4) is 5.75 Å². The molecule has 1 heterocycles. The lowest BCUT2D eigenvalue weighted by Crippen LogP contribution is -2.39. The van der Waals surface area contributed by atoms with Gasteiger partial charge in [-0.15, -0.1) is 0 Å². The van der Waals surface area contributed by atoms with E-state index in [0.29, 0.717) is 17.4 Å². The van der Waals surface area contributed by atoms with Gasteiger partial charge in [-0.05, 0) is 50.7 Å². The molecule has 0 aromatic heterocycles. The standard InChI is InChI=1S/C19H26N2O5S/c1-12-3-5-14(6-4-12)20-18(22)9-13(2)27(24,25)15-7-8-16-17(10-15)26-11-19(23)21-16/h7-8,10,12-14H,3-6,9,11H2,1-2H3,(H,20,22)(H,21,23). The maximum absolute atomic E-state index is 12.8. The third kappa shape index (κ3) is 4.61. The van der Waals surface area contributed by atoms with E-state index in [-0.39, 0.29) is 35.8 Å². The van der Waals surface area contributed by atoms with Crippen LogP contribution in [0, 0.1) is 5.92 Å². The topological polar surface area (TPSA) is 102 Å². The highest BCUT2D eigenvalue weighted by Gasteiger charge is 2.29. The van der Waals surface area contributed by atoms with Gasteiger partial charge in [-0.3, -0.25) is 9.59 Å². The summed E-state index contributed by atoms with van der Waals surface area (Å²) in [4.78, 5) is 23.7. The summed E-state index contributed by atoms with van der Waals surface area (Å²) in [6.45, 7) is 3.61. The Morgan fingerprint density at radius 2 is 2.00 bits per heavy atom. The summed E-state index contributed by atoms with van der Waals surface area (Å²) in [6.07, 6.45) is 3.99. The molecule has 1 aromatic carbocycles. The van der Waals surface area contributed by atoms with Gasteiger partial charge in [0.2, 0.25) is 5.91 Å². The van der Waals surface area contributed by atoms with Crippen LogP contribution in [0.2, 0.25) is 0 Å². The number of amides is 2. The number of anilines is 1. The van der Waals surface area contributed by atoms with E-state index in [1.54, 1.807) is 6.92 Å². The maximum Gasteiger partial charge on any atom is 0.262 e. The van der Waals surface area contributed by atoms with E-state index in [0.717, 1.165) is 25.7 Å². The van der Waals surface area contributed by atoms with Crippen LogP contribution < -0.4 is 15.4 Å². The number of benzene rings is 1. The number of carbonyl (C=O) groups is 2. The third-order valence-electron chi connectivity index (χ3n) is 5.30. The molecule has 2 N–H and O–H groups in total. The van der Waals surface area contributed by atoms with Crippen LogP contribution in [-0.4, -0.2) is 38.1 Å². The van der Waals surface area contributed by atoms with Crippen molar-refractivity contribution >= 4 is 27.3 Å². The smallest absolute Gasteiger partial charge is 0.262 e. The zero-order valence-electron chi connectivity index (χ0n) is 15.7. The number of hydrogen-bond donors (Lipinski definition) is 2. The SMILES string of the molecule is CC1CCC(NC(=O)CC(C)S(=O)(=O)c2ccc3c(c2)OCC(=O)N3)CC1. The van der Waals surface area contributed by atoms with E-state index < -0.39 is 15.1 Å². The molecule has 1 aliphatic heterocycles. The molecule has 27 heavy (non-hydrogen) atoms. The van der Waals surface area contributed by atoms with Crippen LogP contribution >= 0.6 is 0 Å². The molecule has 0 saturated heterocycles. The first-order chi connectivity index (χ1) is 12.8. The second-order valence-electron chi connectivity index (χ2n) is 7.58. The van der Waals surface area contributed by atoms with Gasteiger partial charge in [0, 0.05) is 18.5 Å². The fourth-order valence-corrected chi connectivity index (χ4v) is 4.89. The Morgan fingerprint density at radius 3 is 2.70 bits per heavy atom. The predicted molar refractivity (Wildman–Crippen MR) is 101 cm³/mol. The van der Waals surface area contributed by atoms with Crippen LogP contribution in [0.3, 0.4) is 0 Å². The van der Waals surface area contributed by atoms with Crippen LogP contribution in [0.15, 0.2) is 23.1 Å². The van der Waals surface area contributed by atoms with Crippen LogP contribution in [0.25, 0.3) is 0 Å². The first-order valence-electron chi connectivity index (χ1n) is 9.35. The van der Waals surface area contributed by atoms with Gasteiger partial charge in [0.25, 0.3) is 5.91 Å². The van der Waals surface area contributed by atoms with Crippen LogP contribution in [0.4, 0.5) is 5.69 Å². The molecule has 8 heteroatoms. The quantitative estimate of drug-likeness (QED) is 0.798. The largest absolute Gasteiger partial charge is 0.482 e. The van der Waals surface area contributed by atoms with Crippen molar-refractivity contribution in [1.82, 2.24) is 5.32 Å². The average molecular weight is 394 g/mol. The highest BCUT2D eigenvalue weighted by Crippen LogP contribution is 2.32. The summed E-state index contributed by atoms with van der Waals surface area (Å²) < 4.78 is 30.9. The third-order valence-corrected chi connectivity index (χ3v) is 7.44. The molecule has 2 amide bonds. The van der Waals surface area contributed by atoms with E-state index in [1.165, 1.54) is 18.2 Å². The zero-order chi connectivity index (χ0) is 19.6. The molecule has 1 saturated carbocycles. The predicted octanol–water partition coefficient (Wildman–Crippen LogP) is 2.26. The second kappa shape index (κ2) is 7.88. The summed E-state index contributed by atoms with van der Waals surface area (Å²) in [5.41, 5.74) is 0.446. The molecule has 1 aromatic rings. The van der Waals surface area contributed by atoms with Gasteiger partial charge in [0.05, 0.1) is 15.8 Å². The van der Waals surface area contributed by atoms with E-state index in [4.69, 9.17) is 4.74 Å². The van der Waals surface area contributed by atoms with E-state index in [2.05, 4.69) is 17.6 Å². The zero-order valence-corrected chi connectivity index (χ0v) is 16.5. The van der Waals surface area contributed by atoms with E-state index in [9.17, 15) is 18.0 Å². The molecular weight excluding hydrogens is 368 g/mol. The molecule has 1 aliphatic carbocycles. The van der Waals surface area contributed by atoms with Gasteiger partial charge in [0.1, 0.15) is 5.75 Å². The fraction of sp³-hybridized carbons (Fsp3) is 0.579. The van der Waals surface area contributed by atoms with Crippen molar-refractivity contribution in [3.05, 3.63) is 18.2 Å². The molecule has 7 nitrogen and oxygen atoms in total. The molecule has 148 valence electrons. The van der Waals surface area contributed by atoms with Crippen LogP contribution in [0.5, 0.6) is 5.75 Å². The van der Waals surface area contributed by atoms with Crippen LogP contribution in [0.1, 0.15) is 46.0 Å². The molecule has 0 bridgehead atoms. The number of carbonyl (C=O) groups excluding carboxylic acids is 2. The lowest BCUT2D eigenvalue weighted by molar-refractivity contribution is -0.122. The van der Waals surface area contributed by atoms with Gasteiger partial charge in [-0.25, -0.2) is 8.42 Å². The molecule has 2 aliphatic rings. The molecular formula is C19H26N2O5S. The van der Waals surface area contributed by atoms with Crippen LogP contribution in [-0.2, 0) is 19.4 Å². The number of hydrogen-bond acceptors (Lipinski definition) is 5. The first-order valence-corrected chi connectivity index (χ1v) is 10.9. The van der Waals surface area contributed by atoms with Crippen molar-refractivity contribution in [1.29, 1.82) is 0 Å². The fourth-order valence-electron chi connectivity index (χ4n) is 3.53. The molecule has 1 unspecified atom stereocenters. The lowest BCUT2D eigenvalue weighted by Gasteiger charge is -2.27. The molecule has 1 fully saturated rings. The first kappa shape index (κ1) is 19.7. The normalized spacial score (nSPS) is 23.6. The Morgan fingerprint density at radius 1 is 1.30 bits per heavy atom. The number of nitrogens with one attached hydrogen (secondary N) is 2. The summed E-state index contributed by atoms with van der Waals surface area (Å²) >= 11 is 0. The second-order valence-corrected chi connectivity index (χ2v) is 9.95. The minimum Gasteiger partial charge on any atom is -0.482 e. The van der Waals surface area contributed by atoms with Crippen molar-refractivity contribution in [2.45, 2.75) is 62.1 Å². The van der Waals surface area contributed by atoms with Crippen molar-refractivity contribution in [2.75, 3.05) is 11.9 Å². The Hall–Kier alpha value is -2.09. The summed E-state index contributed by atoms with van der Waals surface area (Å²) in [7, 11) is -3.68. The highest BCUT2D eigenvalue weighted by molar-refractivity contribution is 7.92. The summed E-state index contributed by atoms with van der Waals surface area (Å²) in [6, 6.07) is 4.49. The molecule has 3 rings (SSSR count). The summed E-state index contributed by atoms with van der Waals surface area (Å²) in [5.74, 6) is 0.504. The van der Waals surface area contributed by atoms with Gasteiger partial charge >= 0.3 is 0 Å². The minimum atomic E-state index is -3.68. The Labute approximate surface area is 159 Å². The van der Waals surface area contributed by atoms with Gasteiger partial charge < -0.3 is 15.4 Å². The lowest BCUT2D eigenvalue weighted by atomic mass is 9.87. The van der Waals surface area contributed by atoms with Gasteiger partial charge in [-0.1, -0.05) is 6.92 Å². The van der Waals surface area contributed by atoms with Crippen molar-refractivity contribution in [2.24, 2.45) is 5.92 Å². The Kier molecular flexibility index (Phi) is 5.74. The number of rotatable bonds is 5. The molecule has 1 atom stereocenters. The Bertz CT molecular complexity index is 829. The molecule has 0 radical (unpaired) electrons. The van der Waals surface area contributed by atoms with Crippen molar-refractivity contribution < 1.29 is 22.7 Å². The monoisotopic (exact) mass is 394 g/mol. The minimum absolute atomic E-state index is 0.0803. The number of ether oxygens (including phenoxy) is 1. The molecule has 0 spiro atoms. The van der Waals surface area contributed by atoms with E-state index >= 15 is 0 Å². The van der Waals surface area contributed by atoms with Crippen molar-refractivity contribution in [3.63, 3.8) is 0 Å². The van der Waals surface area contributed by atoms with Gasteiger partial charge in [-0.2, -0.15) is 0 Å². The average Bonchev–Trinajstić information content (AvgIpc) is 2.63. The summed E-state index contributed by atoms with van der Waals surface area (Å²) in [5, 5.41) is 4.75. The maximum atomic E-state index is 12.8. The van der Waals surface area contributed by atoms with Gasteiger partial charge in [0.15, 0.2) is 16.4 Å². The van der Waals surface area contributed by atoms with E-state index in [1.807, 2.05) is 0 Å². The highest BCUT2D eigenvalue weighted by atomic mass is 32.2. The number of fused-ring (bicyclic) bond motifs is 1. The Balaban J connectivity index is 1.64. The number of sulfone groups is 1.